The van der Waals surface area contributed by atoms with Crippen LogP contribution in [0.2, 0.25) is 0 Å². The van der Waals surface area contributed by atoms with Gasteiger partial charge in [0.15, 0.2) is 0 Å². The number of methoxy groups -OCH3 is 1. The van der Waals surface area contributed by atoms with Crippen molar-refractivity contribution in [2.45, 2.75) is 63.7 Å². The Balaban J connectivity index is 2.14. The Morgan fingerprint density at radius 3 is 2.71 bits per heavy atom. The Labute approximate surface area is 125 Å². The standard InChI is InChI=1S/C15H23N3O3/c1-10-13(17-18-16)8-11(15(19)20-2)9-14(10)21-12-6-4-3-5-7-12/h9-10,12-14H,3-8H2,1-2H3. The molecule has 1 saturated carbocycles. The molecule has 0 aromatic carbocycles. The van der Waals surface area contributed by atoms with E-state index in [1.54, 1.807) is 0 Å². The van der Waals surface area contributed by atoms with Crippen LogP contribution in [0.25, 0.3) is 10.4 Å². The molecular formula is C15H23N3O3. The van der Waals surface area contributed by atoms with E-state index in [1.165, 1.54) is 26.4 Å². The maximum absolute atomic E-state index is 11.8. The quantitative estimate of drug-likeness (QED) is 0.344. The zero-order valence-corrected chi connectivity index (χ0v) is 12.7. The Morgan fingerprint density at radius 1 is 1.38 bits per heavy atom. The molecule has 6 heteroatoms. The lowest BCUT2D eigenvalue weighted by Crippen LogP contribution is -2.37. The average molecular weight is 293 g/mol. The fourth-order valence-electron chi connectivity index (χ4n) is 3.13. The van der Waals surface area contributed by atoms with Crippen LogP contribution in [0.15, 0.2) is 16.8 Å². The summed E-state index contributed by atoms with van der Waals surface area (Å²) in [6, 6.07) is -0.261. The number of esters is 1. The number of carbonyl (C=O) groups is 1. The van der Waals surface area contributed by atoms with Crippen LogP contribution in [0, 0.1) is 5.92 Å². The molecule has 116 valence electrons. The molecule has 0 radical (unpaired) electrons. The van der Waals surface area contributed by atoms with Gasteiger partial charge < -0.3 is 9.47 Å². The van der Waals surface area contributed by atoms with Gasteiger partial charge in [0, 0.05) is 16.5 Å². The van der Waals surface area contributed by atoms with E-state index in [1.807, 2.05) is 13.0 Å². The summed E-state index contributed by atoms with van der Waals surface area (Å²) in [6.45, 7) is 2.01. The highest BCUT2D eigenvalue weighted by Crippen LogP contribution is 2.32. The van der Waals surface area contributed by atoms with Crippen LogP contribution in [0.5, 0.6) is 0 Å². The van der Waals surface area contributed by atoms with Gasteiger partial charge >= 0.3 is 5.97 Å². The summed E-state index contributed by atoms with van der Waals surface area (Å²) in [5, 5.41) is 3.83. The van der Waals surface area contributed by atoms with Gasteiger partial charge in [0.1, 0.15) is 0 Å². The lowest BCUT2D eigenvalue weighted by molar-refractivity contribution is -0.136. The van der Waals surface area contributed by atoms with Crippen molar-refractivity contribution in [1.29, 1.82) is 0 Å². The first-order valence-electron chi connectivity index (χ1n) is 7.64. The smallest absolute Gasteiger partial charge is 0.333 e. The van der Waals surface area contributed by atoms with Gasteiger partial charge in [0.25, 0.3) is 0 Å². The number of ether oxygens (including phenoxy) is 2. The van der Waals surface area contributed by atoms with Gasteiger partial charge in [-0.1, -0.05) is 31.3 Å². The molecule has 0 spiro atoms. The number of hydrogen-bond donors (Lipinski definition) is 0. The van der Waals surface area contributed by atoms with E-state index in [2.05, 4.69) is 10.0 Å². The van der Waals surface area contributed by atoms with Crippen LogP contribution in [0.1, 0.15) is 45.4 Å². The molecule has 0 aromatic rings. The monoisotopic (exact) mass is 293 g/mol. The van der Waals surface area contributed by atoms with E-state index in [9.17, 15) is 4.79 Å². The molecule has 6 nitrogen and oxygen atoms in total. The third kappa shape index (κ3) is 3.99. The summed E-state index contributed by atoms with van der Waals surface area (Å²) < 4.78 is 11.0. The molecule has 0 aromatic heterocycles. The molecule has 21 heavy (non-hydrogen) atoms. The van der Waals surface area contributed by atoms with Crippen LogP contribution in [0.4, 0.5) is 0 Å². The molecule has 2 aliphatic rings. The van der Waals surface area contributed by atoms with E-state index in [0.717, 1.165) is 12.8 Å². The fourth-order valence-corrected chi connectivity index (χ4v) is 3.13. The Kier molecular flexibility index (Phi) is 5.65. The van der Waals surface area contributed by atoms with E-state index in [4.69, 9.17) is 15.0 Å². The fraction of sp³-hybridized carbons (Fsp3) is 0.800. The van der Waals surface area contributed by atoms with E-state index in [-0.39, 0.29) is 30.1 Å². The summed E-state index contributed by atoms with van der Waals surface area (Å²) >= 11 is 0. The molecule has 2 aliphatic carbocycles. The minimum atomic E-state index is -0.364. The van der Waals surface area contributed by atoms with Crippen molar-refractivity contribution in [2.24, 2.45) is 11.0 Å². The van der Waals surface area contributed by atoms with Gasteiger partial charge in [-0.25, -0.2) is 4.79 Å². The molecule has 0 aliphatic heterocycles. The average Bonchev–Trinajstić information content (AvgIpc) is 2.51. The van der Waals surface area contributed by atoms with Gasteiger partial charge in [-0.3, -0.25) is 0 Å². The Hall–Kier alpha value is -1.52. The summed E-state index contributed by atoms with van der Waals surface area (Å²) in [6.07, 6.45) is 8.12. The normalized spacial score (nSPS) is 30.2. The largest absolute Gasteiger partial charge is 0.466 e. The van der Waals surface area contributed by atoms with Crippen molar-refractivity contribution < 1.29 is 14.3 Å². The van der Waals surface area contributed by atoms with E-state index < -0.39 is 0 Å². The van der Waals surface area contributed by atoms with Gasteiger partial charge in [-0.05, 0) is 36.8 Å². The third-order valence-corrected chi connectivity index (χ3v) is 4.47. The predicted octanol–water partition coefficient (Wildman–Crippen LogP) is 3.52. The third-order valence-electron chi connectivity index (χ3n) is 4.47. The van der Waals surface area contributed by atoms with Crippen molar-refractivity contribution in [3.63, 3.8) is 0 Å². The van der Waals surface area contributed by atoms with E-state index in [0.29, 0.717) is 12.0 Å². The second-order valence-electron chi connectivity index (χ2n) is 5.88. The highest BCUT2D eigenvalue weighted by Gasteiger charge is 2.34. The lowest BCUT2D eigenvalue weighted by Gasteiger charge is -2.35. The molecule has 0 saturated heterocycles. The summed E-state index contributed by atoms with van der Waals surface area (Å²) in [5.74, 6) is -0.298. The zero-order chi connectivity index (χ0) is 15.2. The minimum Gasteiger partial charge on any atom is -0.466 e. The predicted molar refractivity (Wildman–Crippen MR) is 78.6 cm³/mol. The summed E-state index contributed by atoms with van der Waals surface area (Å²) in [5.41, 5.74) is 9.26. The van der Waals surface area contributed by atoms with Crippen molar-refractivity contribution in [3.8, 4) is 0 Å². The Bertz CT molecular complexity index is 451. The molecule has 2 rings (SSSR count). The number of azide groups is 1. The molecule has 0 amide bonds. The molecule has 0 heterocycles. The zero-order valence-electron chi connectivity index (χ0n) is 12.7. The molecule has 1 fully saturated rings. The van der Waals surface area contributed by atoms with E-state index >= 15 is 0 Å². The molecule has 0 N–H and O–H groups in total. The number of carbonyl (C=O) groups excluding carboxylic acids is 1. The van der Waals surface area contributed by atoms with Crippen LogP contribution >= 0.6 is 0 Å². The second kappa shape index (κ2) is 7.48. The van der Waals surface area contributed by atoms with Crippen LogP contribution in [0.3, 0.4) is 0 Å². The highest BCUT2D eigenvalue weighted by molar-refractivity contribution is 5.88. The second-order valence-corrected chi connectivity index (χ2v) is 5.88. The van der Waals surface area contributed by atoms with Crippen molar-refractivity contribution >= 4 is 5.97 Å². The molecular weight excluding hydrogens is 270 g/mol. The first kappa shape index (κ1) is 15.9. The Morgan fingerprint density at radius 2 is 2.10 bits per heavy atom. The maximum atomic E-state index is 11.8. The van der Waals surface area contributed by atoms with Gasteiger partial charge in [0.2, 0.25) is 0 Å². The van der Waals surface area contributed by atoms with Crippen LogP contribution in [-0.2, 0) is 14.3 Å². The highest BCUT2D eigenvalue weighted by atomic mass is 16.5. The van der Waals surface area contributed by atoms with Crippen molar-refractivity contribution in [3.05, 3.63) is 22.1 Å². The minimum absolute atomic E-state index is 0.0660. The summed E-state index contributed by atoms with van der Waals surface area (Å²) in [4.78, 5) is 14.7. The van der Waals surface area contributed by atoms with Gasteiger partial charge in [-0.15, -0.1) is 0 Å². The first-order chi connectivity index (χ1) is 10.2. The van der Waals surface area contributed by atoms with Crippen molar-refractivity contribution in [2.75, 3.05) is 7.11 Å². The number of hydrogen-bond acceptors (Lipinski definition) is 4. The lowest BCUT2D eigenvalue weighted by atomic mass is 9.84. The molecule has 3 atom stereocenters. The van der Waals surface area contributed by atoms with Crippen LogP contribution in [-0.4, -0.2) is 31.3 Å². The molecule has 0 bridgehead atoms. The first-order valence-corrected chi connectivity index (χ1v) is 7.64. The molecule has 3 unspecified atom stereocenters. The number of rotatable bonds is 4. The maximum Gasteiger partial charge on any atom is 0.333 e. The van der Waals surface area contributed by atoms with Gasteiger partial charge in [0.05, 0.1) is 19.3 Å². The topological polar surface area (TPSA) is 84.3 Å². The van der Waals surface area contributed by atoms with Crippen LogP contribution < -0.4 is 0 Å². The summed E-state index contributed by atoms with van der Waals surface area (Å²) in [7, 11) is 1.36. The van der Waals surface area contributed by atoms with Crippen molar-refractivity contribution in [1.82, 2.24) is 0 Å². The van der Waals surface area contributed by atoms with Gasteiger partial charge in [-0.2, -0.15) is 0 Å². The number of nitrogens with zero attached hydrogens (tertiary/aromatic N) is 3. The SMILES string of the molecule is COC(=O)C1=CC(OC2CCCCC2)C(C)C(N=[N+]=[N-])C1.